The van der Waals surface area contributed by atoms with Crippen LogP contribution in [0.4, 0.5) is 0 Å². The van der Waals surface area contributed by atoms with Gasteiger partial charge < -0.3 is 25.0 Å². The SMILES string of the molecule is OC[C@@H]1O[C@H](CNC2CCOCC2)[C@H](N2CCCCC2)[C@@H]1O. The Hall–Kier alpha value is -0.240. The molecular formula is C16H30N2O4. The Labute approximate surface area is 132 Å². The van der Waals surface area contributed by atoms with Gasteiger partial charge in [-0.15, -0.1) is 0 Å². The number of ether oxygens (including phenoxy) is 2. The summed E-state index contributed by atoms with van der Waals surface area (Å²) in [6.07, 6.45) is 4.63. The van der Waals surface area contributed by atoms with Gasteiger partial charge >= 0.3 is 0 Å². The van der Waals surface area contributed by atoms with E-state index in [9.17, 15) is 10.2 Å². The zero-order valence-electron chi connectivity index (χ0n) is 13.3. The Morgan fingerprint density at radius 2 is 1.77 bits per heavy atom. The molecule has 128 valence electrons. The van der Waals surface area contributed by atoms with E-state index in [0.717, 1.165) is 45.7 Å². The van der Waals surface area contributed by atoms with Crippen molar-refractivity contribution in [2.24, 2.45) is 0 Å². The molecule has 3 saturated heterocycles. The van der Waals surface area contributed by atoms with Gasteiger partial charge in [0.25, 0.3) is 0 Å². The van der Waals surface area contributed by atoms with E-state index >= 15 is 0 Å². The first-order valence-corrected chi connectivity index (χ1v) is 8.79. The average molecular weight is 314 g/mol. The van der Waals surface area contributed by atoms with E-state index in [-0.39, 0.29) is 18.8 Å². The highest BCUT2D eigenvalue weighted by atomic mass is 16.5. The van der Waals surface area contributed by atoms with Crippen molar-refractivity contribution in [2.75, 3.05) is 39.5 Å². The van der Waals surface area contributed by atoms with Crippen molar-refractivity contribution in [2.45, 2.75) is 62.5 Å². The first-order valence-electron chi connectivity index (χ1n) is 8.79. The minimum Gasteiger partial charge on any atom is -0.394 e. The quantitative estimate of drug-likeness (QED) is 0.649. The Morgan fingerprint density at radius 3 is 2.45 bits per heavy atom. The van der Waals surface area contributed by atoms with Gasteiger partial charge in [-0.3, -0.25) is 4.90 Å². The summed E-state index contributed by atoms with van der Waals surface area (Å²) in [4.78, 5) is 2.36. The molecule has 3 aliphatic heterocycles. The minimum absolute atomic E-state index is 0.00444. The van der Waals surface area contributed by atoms with Gasteiger partial charge in [0.2, 0.25) is 0 Å². The van der Waals surface area contributed by atoms with E-state index in [0.29, 0.717) is 6.04 Å². The smallest absolute Gasteiger partial charge is 0.109 e. The van der Waals surface area contributed by atoms with Crippen LogP contribution in [-0.4, -0.2) is 85.0 Å². The highest BCUT2D eigenvalue weighted by molar-refractivity contribution is 4.98. The van der Waals surface area contributed by atoms with Crippen molar-refractivity contribution in [1.29, 1.82) is 0 Å². The van der Waals surface area contributed by atoms with Gasteiger partial charge in [0.05, 0.1) is 18.8 Å². The molecule has 0 aromatic carbocycles. The average Bonchev–Trinajstić information content (AvgIpc) is 2.90. The topological polar surface area (TPSA) is 74.2 Å². The second-order valence-corrected chi connectivity index (χ2v) is 6.77. The van der Waals surface area contributed by atoms with Crippen LogP contribution in [0.15, 0.2) is 0 Å². The second kappa shape index (κ2) is 8.04. The lowest BCUT2D eigenvalue weighted by molar-refractivity contribution is -0.0229. The molecule has 4 atom stereocenters. The largest absolute Gasteiger partial charge is 0.394 e. The number of hydrogen-bond donors (Lipinski definition) is 3. The molecule has 0 aliphatic carbocycles. The van der Waals surface area contributed by atoms with Gasteiger partial charge in [-0.05, 0) is 38.8 Å². The van der Waals surface area contributed by atoms with Gasteiger partial charge in [0, 0.05) is 25.8 Å². The number of nitrogens with one attached hydrogen (secondary N) is 1. The number of nitrogens with zero attached hydrogens (tertiary/aromatic N) is 1. The zero-order valence-corrected chi connectivity index (χ0v) is 13.3. The fraction of sp³-hybridized carbons (Fsp3) is 1.00. The third-order valence-corrected chi connectivity index (χ3v) is 5.28. The zero-order chi connectivity index (χ0) is 15.4. The van der Waals surface area contributed by atoms with Crippen LogP contribution >= 0.6 is 0 Å². The summed E-state index contributed by atoms with van der Waals surface area (Å²) in [6, 6.07) is 0.481. The number of aliphatic hydroxyl groups excluding tert-OH is 2. The van der Waals surface area contributed by atoms with Crippen molar-refractivity contribution in [3.63, 3.8) is 0 Å². The first kappa shape index (κ1) is 16.6. The predicted molar refractivity (Wildman–Crippen MR) is 82.8 cm³/mol. The number of hydrogen-bond acceptors (Lipinski definition) is 6. The number of likely N-dealkylation sites (tertiary alicyclic amines) is 1. The molecule has 22 heavy (non-hydrogen) atoms. The standard InChI is InChI=1S/C16H30N2O4/c19-11-14-16(20)15(18-6-2-1-3-7-18)13(22-14)10-17-12-4-8-21-9-5-12/h12-17,19-20H,1-11H2/t13-,14+,15+,16-/m1/s1. The summed E-state index contributed by atoms with van der Waals surface area (Å²) >= 11 is 0. The molecule has 3 fully saturated rings. The van der Waals surface area contributed by atoms with Crippen molar-refractivity contribution >= 4 is 0 Å². The van der Waals surface area contributed by atoms with E-state index in [1.807, 2.05) is 0 Å². The fourth-order valence-corrected chi connectivity index (χ4v) is 4.00. The van der Waals surface area contributed by atoms with Gasteiger partial charge in [0.15, 0.2) is 0 Å². The van der Waals surface area contributed by atoms with E-state index in [1.54, 1.807) is 0 Å². The predicted octanol–water partition coefficient (Wildman–Crippen LogP) is -0.270. The molecule has 0 unspecified atom stereocenters. The van der Waals surface area contributed by atoms with Crippen LogP contribution in [0.3, 0.4) is 0 Å². The van der Waals surface area contributed by atoms with Gasteiger partial charge in [-0.1, -0.05) is 6.42 Å². The maximum atomic E-state index is 10.5. The van der Waals surface area contributed by atoms with Crippen LogP contribution in [0.25, 0.3) is 0 Å². The Kier molecular flexibility index (Phi) is 6.07. The third-order valence-electron chi connectivity index (χ3n) is 5.28. The van der Waals surface area contributed by atoms with E-state index in [4.69, 9.17) is 9.47 Å². The first-order chi connectivity index (χ1) is 10.8. The molecule has 0 spiro atoms. The molecule has 0 saturated carbocycles. The molecule has 3 rings (SSSR count). The minimum atomic E-state index is -0.593. The maximum Gasteiger partial charge on any atom is 0.109 e. The van der Waals surface area contributed by atoms with Crippen molar-refractivity contribution in [1.82, 2.24) is 10.2 Å². The van der Waals surface area contributed by atoms with E-state index in [1.165, 1.54) is 19.3 Å². The molecule has 0 aromatic heterocycles. The summed E-state index contributed by atoms with van der Waals surface area (Å²) in [5.41, 5.74) is 0. The van der Waals surface area contributed by atoms with Gasteiger partial charge in [0.1, 0.15) is 12.2 Å². The highest BCUT2D eigenvalue weighted by Gasteiger charge is 2.46. The maximum absolute atomic E-state index is 10.5. The van der Waals surface area contributed by atoms with Crippen LogP contribution in [0.1, 0.15) is 32.1 Å². The Balaban J connectivity index is 1.58. The van der Waals surface area contributed by atoms with E-state index in [2.05, 4.69) is 10.2 Å². The monoisotopic (exact) mass is 314 g/mol. The van der Waals surface area contributed by atoms with E-state index < -0.39 is 12.2 Å². The Morgan fingerprint density at radius 1 is 1.05 bits per heavy atom. The lowest BCUT2D eigenvalue weighted by atomic mass is 9.99. The normalized spacial score (nSPS) is 38.5. The molecule has 3 aliphatic rings. The fourth-order valence-electron chi connectivity index (χ4n) is 4.00. The molecule has 0 bridgehead atoms. The van der Waals surface area contributed by atoms with Crippen LogP contribution in [-0.2, 0) is 9.47 Å². The molecule has 0 amide bonds. The number of rotatable bonds is 5. The molecule has 3 heterocycles. The van der Waals surface area contributed by atoms with Crippen LogP contribution < -0.4 is 5.32 Å². The molecular weight excluding hydrogens is 284 g/mol. The van der Waals surface area contributed by atoms with Crippen molar-refractivity contribution in [3.05, 3.63) is 0 Å². The lowest BCUT2D eigenvalue weighted by Crippen LogP contribution is -2.53. The molecule has 3 N–H and O–H groups in total. The highest BCUT2D eigenvalue weighted by Crippen LogP contribution is 2.28. The summed E-state index contributed by atoms with van der Waals surface area (Å²) in [6.45, 7) is 4.31. The summed E-state index contributed by atoms with van der Waals surface area (Å²) in [7, 11) is 0. The van der Waals surface area contributed by atoms with Crippen molar-refractivity contribution in [3.8, 4) is 0 Å². The summed E-state index contributed by atoms with van der Waals surface area (Å²) in [5, 5.41) is 23.6. The van der Waals surface area contributed by atoms with Crippen LogP contribution in [0.5, 0.6) is 0 Å². The number of piperidine rings is 1. The second-order valence-electron chi connectivity index (χ2n) is 6.77. The molecule has 6 heteroatoms. The molecule has 0 aromatic rings. The summed E-state index contributed by atoms with van der Waals surface area (Å²) in [5.74, 6) is 0. The van der Waals surface area contributed by atoms with Crippen LogP contribution in [0.2, 0.25) is 0 Å². The lowest BCUT2D eigenvalue weighted by Gasteiger charge is -2.36. The third kappa shape index (κ3) is 3.80. The van der Waals surface area contributed by atoms with Gasteiger partial charge in [-0.2, -0.15) is 0 Å². The van der Waals surface area contributed by atoms with Gasteiger partial charge in [-0.25, -0.2) is 0 Å². The number of aliphatic hydroxyl groups is 2. The Bertz CT molecular complexity index is 332. The molecule has 0 radical (unpaired) electrons. The summed E-state index contributed by atoms with van der Waals surface area (Å²) < 4.78 is 11.3. The molecule has 6 nitrogen and oxygen atoms in total. The van der Waals surface area contributed by atoms with Crippen molar-refractivity contribution < 1.29 is 19.7 Å². The van der Waals surface area contributed by atoms with Crippen LogP contribution in [0, 0.1) is 0 Å².